The number of hydrogen-bond donors (Lipinski definition) is 2. The lowest BCUT2D eigenvalue weighted by Crippen LogP contribution is -2.50. The van der Waals surface area contributed by atoms with Crippen LogP contribution in [0.25, 0.3) is 11.1 Å². The van der Waals surface area contributed by atoms with Crippen LogP contribution in [-0.4, -0.2) is 46.8 Å². The fraction of sp³-hybridized carbons (Fsp3) is 0.300. The number of anilines is 1. The summed E-state index contributed by atoms with van der Waals surface area (Å²) in [7, 11) is 0. The Morgan fingerprint density at radius 3 is 2.26 bits per heavy atom. The van der Waals surface area contributed by atoms with E-state index in [-0.39, 0.29) is 46.0 Å². The zero-order valence-electron chi connectivity index (χ0n) is 24.2. The van der Waals surface area contributed by atoms with Gasteiger partial charge in [0.15, 0.2) is 5.58 Å². The number of rotatable bonds is 9. The quantitative estimate of drug-likeness (QED) is 0.176. The Hall–Kier alpha value is -3.98. The number of alkyl halides is 7. The molecule has 0 fully saturated rings. The molecular formula is C30H25ClF7N3O4S. The van der Waals surface area contributed by atoms with Crippen LogP contribution in [0.15, 0.2) is 63.8 Å². The van der Waals surface area contributed by atoms with Gasteiger partial charge in [0.2, 0.25) is 0 Å². The maximum Gasteiger partial charge on any atom is 0.435 e. The molecule has 2 N–H and O–H groups in total. The third-order valence-corrected chi connectivity index (χ3v) is 8.30. The molecule has 1 heterocycles. The molecule has 0 saturated heterocycles. The number of nitrogens with zero attached hydrogens (tertiary/aromatic N) is 1. The Kier molecular flexibility index (Phi) is 9.88. The molecule has 0 aliphatic rings. The first kappa shape index (κ1) is 34.9. The highest BCUT2D eigenvalue weighted by atomic mass is 35.5. The van der Waals surface area contributed by atoms with Crippen LogP contribution in [0.5, 0.6) is 0 Å². The van der Waals surface area contributed by atoms with Crippen LogP contribution in [0.3, 0.4) is 0 Å². The summed E-state index contributed by atoms with van der Waals surface area (Å²) in [6.07, 6.45) is -10.8. The number of benzene rings is 3. The van der Waals surface area contributed by atoms with Crippen molar-refractivity contribution in [3.8, 4) is 0 Å². The van der Waals surface area contributed by atoms with Gasteiger partial charge in [-0.3, -0.25) is 14.2 Å². The minimum atomic E-state index is -6.34. The molecule has 0 spiro atoms. The number of carbonyl (C=O) groups is 2. The van der Waals surface area contributed by atoms with Crippen LogP contribution in [0, 0.1) is 6.92 Å². The largest absolute Gasteiger partial charge is 0.435 e. The van der Waals surface area contributed by atoms with Crippen molar-refractivity contribution in [1.82, 2.24) is 9.88 Å². The molecule has 46 heavy (non-hydrogen) atoms. The van der Waals surface area contributed by atoms with Gasteiger partial charge < -0.3 is 15.1 Å². The number of hydrogen-bond acceptors (Lipinski definition) is 5. The van der Waals surface area contributed by atoms with Crippen LogP contribution in [-0.2, 0) is 12.2 Å². The van der Waals surface area contributed by atoms with Crippen molar-refractivity contribution in [1.29, 1.82) is 0 Å². The average molecular weight is 692 g/mol. The lowest BCUT2D eigenvalue weighted by atomic mass is 9.94. The molecule has 16 heteroatoms. The topological polar surface area (TPSA) is 93.3 Å². The SMILES string of the molecule is CSC[C@H](C)NC(=O)c1c(Cl)cccc1C(=O)Nc1cccc(Cn2c(=O)oc3cc(C(F)(C(F)(F)F)C(F)(F)F)ccc32)c1C. The first-order chi connectivity index (χ1) is 21.4. The van der Waals surface area contributed by atoms with E-state index in [1.807, 2.05) is 6.26 Å². The summed E-state index contributed by atoms with van der Waals surface area (Å²) in [5, 5.41) is 5.55. The molecule has 0 radical (unpaired) electrons. The lowest BCUT2D eigenvalue weighted by Gasteiger charge is -2.30. The Bertz CT molecular complexity index is 1840. The first-order valence-corrected chi connectivity index (χ1v) is 15.1. The van der Waals surface area contributed by atoms with Gasteiger partial charge in [-0.15, -0.1) is 0 Å². The second kappa shape index (κ2) is 13.0. The van der Waals surface area contributed by atoms with Crippen LogP contribution >= 0.6 is 23.4 Å². The summed E-state index contributed by atoms with van der Waals surface area (Å²) in [6, 6.07) is 10.0. The maximum atomic E-state index is 14.6. The molecule has 4 rings (SSSR count). The minimum absolute atomic E-state index is 0.0133. The van der Waals surface area contributed by atoms with Crippen molar-refractivity contribution in [2.75, 3.05) is 17.3 Å². The van der Waals surface area contributed by atoms with Gasteiger partial charge in [-0.1, -0.05) is 35.9 Å². The highest BCUT2D eigenvalue weighted by molar-refractivity contribution is 7.98. The fourth-order valence-electron chi connectivity index (χ4n) is 4.80. The van der Waals surface area contributed by atoms with E-state index < -0.39 is 46.7 Å². The van der Waals surface area contributed by atoms with Gasteiger partial charge in [0, 0.05) is 23.0 Å². The second-order valence-electron chi connectivity index (χ2n) is 10.3. The van der Waals surface area contributed by atoms with E-state index in [0.717, 1.165) is 10.6 Å². The third kappa shape index (κ3) is 6.61. The van der Waals surface area contributed by atoms with E-state index in [1.54, 1.807) is 26.0 Å². The number of fused-ring (bicyclic) bond motifs is 1. The van der Waals surface area contributed by atoms with Gasteiger partial charge in [-0.25, -0.2) is 9.18 Å². The normalized spacial score (nSPS) is 13.1. The molecule has 3 aromatic carbocycles. The summed E-state index contributed by atoms with van der Waals surface area (Å²) in [5.74, 6) is -1.73. The number of aromatic nitrogens is 1. The summed E-state index contributed by atoms with van der Waals surface area (Å²) in [5.41, 5.74) is -7.32. The maximum absolute atomic E-state index is 14.6. The molecule has 7 nitrogen and oxygen atoms in total. The van der Waals surface area contributed by atoms with Gasteiger partial charge >= 0.3 is 23.8 Å². The summed E-state index contributed by atoms with van der Waals surface area (Å²) >= 11 is 7.81. The summed E-state index contributed by atoms with van der Waals surface area (Å²) in [6.45, 7) is 3.11. The zero-order valence-corrected chi connectivity index (χ0v) is 25.8. The molecule has 0 bridgehead atoms. The van der Waals surface area contributed by atoms with E-state index in [2.05, 4.69) is 10.6 Å². The van der Waals surface area contributed by atoms with Gasteiger partial charge in [0.25, 0.3) is 11.8 Å². The van der Waals surface area contributed by atoms with E-state index in [9.17, 15) is 45.1 Å². The van der Waals surface area contributed by atoms with Crippen molar-refractivity contribution < 1.29 is 44.7 Å². The first-order valence-electron chi connectivity index (χ1n) is 13.3. The van der Waals surface area contributed by atoms with E-state index in [1.165, 1.54) is 36.0 Å². The lowest BCUT2D eigenvalue weighted by molar-refractivity contribution is -0.348. The number of thioether (sulfide) groups is 1. The van der Waals surface area contributed by atoms with Gasteiger partial charge in [0.05, 0.1) is 28.2 Å². The highest BCUT2D eigenvalue weighted by Gasteiger charge is 2.73. The predicted octanol–water partition coefficient (Wildman–Crippen LogP) is 7.63. The second-order valence-corrected chi connectivity index (χ2v) is 11.6. The number of carbonyl (C=O) groups excluding carboxylic acids is 2. The van der Waals surface area contributed by atoms with E-state index >= 15 is 0 Å². The highest BCUT2D eigenvalue weighted by Crippen LogP contribution is 2.53. The molecule has 0 aliphatic heterocycles. The number of nitrogens with one attached hydrogen (secondary N) is 2. The van der Waals surface area contributed by atoms with Crippen LogP contribution in [0.4, 0.5) is 36.4 Å². The molecule has 1 aromatic heterocycles. The molecule has 1 atom stereocenters. The van der Waals surface area contributed by atoms with Gasteiger partial charge in [0.1, 0.15) is 0 Å². The van der Waals surface area contributed by atoms with E-state index in [0.29, 0.717) is 22.9 Å². The Morgan fingerprint density at radius 2 is 1.63 bits per heavy atom. The molecule has 0 saturated carbocycles. The van der Waals surface area contributed by atoms with Gasteiger partial charge in [-0.2, -0.15) is 38.1 Å². The molecule has 0 unspecified atom stereocenters. The smallest absolute Gasteiger partial charge is 0.408 e. The predicted molar refractivity (Wildman–Crippen MR) is 160 cm³/mol. The van der Waals surface area contributed by atoms with Crippen molar-refractivity contribution in [3.05, 3.63) is 98.0 Å². The fourth-order valence-corrected chi connectivity index (χ4v) is 5.64. The monoisotopic (exact) mass is 691 g/mol. The van der Waals surface area contributed by atoms with Crippen molar-refractivity contribution in [2.24, 2.45) is 0 Å². The van der Waals surface area contributed by atoms with Crippen molar-refractivity contribution >= 4 is 52.0 Å². The Balaban J connectivity index is 1.65. The molecule has 246 valence electrons. The molecular weight excluding hydrogens is 667 g/mol. The minimum Gasteiger partial charge on any atom is -0.408 e. The summed E-state index contributed by atoms with van der Waals surface area (Å²) < 4.78 is 99.9. The Morgan fingerprint density at radius 1 is 0.978 bits per heavy atom. The van der Waals surface area contributed by atoms with Crippen molar-refractivity contribution in [3.63, 3.8) is 0 Å². The number of oxazole rings is 1. The summed E-state index contributed by atoms with van der Waals surface area (Å²) in [4.78, 5) is 39.0. The van der Waals surface area contributed by atoms with Gasteiger partial charge in [-0.05, 0) is 61.6 Å². The molecule has 0 aliphatic carbocycles. The Labute approximate surface area is 266 Å². The van der Waals surface area contributed by atoms with Crippen LogP contribution in [0.1, 0.15) is 44.3 Å². The zero-order chi connectivity index (χ0) is 34.2. The van der Waals surface area contributed by atoms with Crippen LogP contribution < -0.4 is 16.4 Å². The third-order valence-electron chi connectivity index (χ3n) is 7.15. The number of amides is 2. The van der Waals surface area contributed by atoms with E-state index in [4.69, 9.17) is 16.0 Å². The standard InChI is InChI=1S/C30H25ClF7N3O4S/c1-15(14-46-3)39-26(43)24-19(7-5-8-20(24)31)25(42)40-21-9-4-6-17(16(21)2)13-41-22-11-10-18(12-23(22)45-27(41)44)28(32,29(33,34)35)30(36,37)38/h4-12,15H,13-14H2,1-3H3,(H,39,43)(H,40,42)/t15-/m0/s1. The number of halogens is 8. The van der Waals surface area contributed by atoms with Crippen molar-refractivity contribution in [2.45, 2.75) is 44.5 Å². The van der Waals surface area contributed by atoms with Crippen LogP contribution in [0.2, 0.25) is 5.02 Å². The molecule has 4 aromatic rings. The molecule has 2 amide bonds. The average Bonchev–Trinajstić information content (AvgIpc) is 3.26.